The standard InChI is InChI=1S/C31H34N4O4/c36-29(35-15-17-38-18-16-35)25-8-12-32-28(21-25)34-13-9-31(10-14-34)22-24-4-2-6-27(20-24)39-26-5-1-3-23(19-26)7-11-33-30(31)37/h1-6,8,12,19-21H,7,9-11,13-18,22H2,(H,33,37). The third-order valence-electron chi connectivity index (χ3n) is 8.09. The number of morpholine rings is 1. The van der Waals surface area contributed by atoms with Crippen LogP contribution in [0.1, 0.15) is 34.3 Å². The molecular formula is C31H34N4O4. The second-order valence-electron chi connectivity index (χ2n) is 10.7. The van der Waals surface area contributed by atoms with Gasteiger partial charge in [0.25, 0.3) is 5.91 Å². The third-order valence-corrected chi connectivity index (χ3v) is 8.09. The van der Waals surface area contributed by atoms with Crippen LogP contribution < -0.4 is 15.0 Å². The van der Waals surface area contributed by atoms with Crippen LogP contribution in [0.5, 0.6) is 11.5 Å². The van der Waals surface area contributed by atoms with Crippen LogP contribution in [-0.4, -0.2) is 67.6 Å². The molecule has 39 heavy (non-hydrogen) atoms. The Balaban J connectivity index is 1.21. The summed E-state index contributed by atoms with van der Waals surface area (Å²) in [5, 5.41) is 3.24. The molecule has 4 heterocycles. The largest absolute Gasteiger partial charge is 0.457 e. The van der Waals surface area contributed by atoms with Crippen LogP contribution in [0.4, 0.5) is 5.82 Å². The van der Waals surface area contributed by atoms with Crippen LogP contribution in [0.25, 0.3) is 0 Å². The van der Waals surface area contributed by atoms with Crippen LogP contribution in [-0.2, 0) is 22.4 Å². The van der Waals surface area contributed by atoms with Crippen molar-refractivity contribution in [1.29, 1.82) is 0 Å². The molecule has 4 bridgehead atoms. The lowest BCUT2D eigenvalue weighted by atomic mass is 9.73. The lowest BCUT2D eigenvalue weighted by Gasteiger charge is -2.41. The average Bonchev–Trinajstić information content (AvgIpc) is 2.98. The normalized spacial score (nSPS) is 19.2. The fourth-order valence-corrected chi connectivity index (χ4v) is 5.84. The number of piperidine rings is 1. The highest BCUT2D eigenvalue weighted by molar-refractivity contribution is 5.95. The van der Waals surface area contributed by atoms with Crippen molar-refractivity contribution >= 4 is 17.6 Å². The maximum absolute atomic E-state index is 13.7. The number of benzene rings is 2. The molecule has 1 N–H and O–H groups in total. The molecule has 3 aliphatic heterocycles. The first-order chi connectivity index (χ1) is 19.1. The van der Waals surface area contributed by atoms with E-state index in [0.717, 1.165) is 34.9 Å². The number of carbonyl (C=O) groups is 2. The van der Waals surface area contributed by atoms with Crippen LogP contribution in [0.15, 0.2) is 66.9 Å². The molecule has 2 aromatic carbocycles. The molecule has 202 valence electrons. The van der Waals surface area contributed by atoms with Gasteiger partial charge in [0.1, 0.15) is 17.3 Å². The summed E-state index contributed by atoms with van der Waals surface area (Å²) in [7, 11) is 0. The van der Waals surface area contributed by atoms with Crippen LogP contribution in [0.2, 0.25) is 0 Å². The van der Waals surface area contributed by atoms with Gasteiger partial charge < -0.3 is 24.6 Å². The molecule has 0 atom stereocenters. The van der Waals surface area contributed by atoms with E-state index in [9.17, 15) is 9.59 Å². The smallest absolute Gasteiger partial charge is 0.254 e. The number of hydrogen-bond acceptors (Lipinski definition) is 6. The topological polar surface area (TPSA) is 84.0 Å². The number of pyridine rings is 1. The number of nitrogens with one attached hydrogen (secondary N) is 1. The number of ether oxygens (including phenoxy) is 2. The summed E-state index contributed by atoms with van der Waals surface area (Å²) in [5.41, 5.74) is 2.33. The molecule has 8 nitrogen and oxygen atoms in total. The first-order valence-electron chi connectivity index (χ1n) is 13.8. The quantitative estimate of drug-likeness (QED) is 0.546. The minimum Gasteiger partial charge on any atom is -0.457 e. The van der Waals surface area contributed by atoms with Crippen LogP contribution in [0.3, 0.4) is 0 Å². The van der Waals surface area contributed by atoms with Gasteiger partial charge in [0.15, 0.2) is 0 Å². The molecule has 2 amide bonds. The van der Waals surface area contributed by atoms with Crippen molar-refractivity contribution in [3.8, 4) is 11.5 Å². The van der Waals surface area contributed by atoms with E-state index in [1.54, 1.807) is 12.3 Å². The first-order valence-corrected chi connectivity index (χ1v) is 13.8. The number of amides is 2. The van der Waals surface area contributed by atoms with Gasteiger partial charge in [-0.2, -0.15) is 0 Å². The van der Waals surface area contributed by atoms with Crippen molar-refractivity contribution in [1.82, 2.24) is 15.2 Å². The molecule has 8 heteroatoms. The molecule has 0 unspecified atom stereocenters. The third kappa shape index (κ3) is 5.61. The average molecular weight is 527 g/mol. The highest BCUT2D eigenvalue weighted by Crippen LogP contribution is 2.38. The van der Waals surface area contributed by atoms with Gasteiger partial charge in [-0.3, -0.25) is 9.59 Å². The molecule has 2 fully saturated rings. The molecule has 0 aliphatic carbocycles. The van der Waals surface area contributed by atoms with Gasteiger partial charge >= 0.3 is 0 Å². The minimum absolute atomic E-state index is 0.0115. The van der Waals surface area contributed by atoms with E-state index < -0.39 is 5.41 Å². The molecular weight excluding hydrogens is 492 g/mol. The van der Waals surface area contributed by atoms with Gasteiger partial charge in [0, 0.05) is 44.5 Å². The lowest BCUT2D eigenvalue weighted by molar-refractivity contribution is -0.132. The second-order valence-corrected chi connectivity index (χ2v) is 10.7. The zero-order chi connectivity index (χ0) is 26.7. The summed E-state index contributed by atoms with van der Waals surface area (Å²) in [6.07, 6.45) is 4.49. The van der Waals surface area contributed by atoms with Gasteiger partial charge in [-0.1, -0.05) is 24.3 Å². The van der Waals surface area contributed by atoms with Crippen molar-refractivity contribution < 1.29 is 19.1 Å². The Hall–Kier alpha value is -3.91. The highest BCUT2D eigenvalue weighted by atomic mass is 16.5. The summed E-state index contributed by atoms with van der Waals surface area (Å²) in [4.78, 5) is 35.4. The lowest BCUT2D eigenvalue weighted by Crippen LogP contribution is -2.50. The highest BCUT2D eigenvalue weighted by Gasteiger charge is 2.41. The molecule has 0 saturated carbocycles. The summed E-state index contributed by atoms with van der Waals surface area (Å²) in [6.45, 7) is 4.31. The van der Waals surface area contributed by atoms with Gasteiger partial charge in [-0.25, -0.2) is 4.98 Å². The van der Waals surface area contributed by atoms with E-state index in [-0.39, 0.29) is 11.8 Å². The Labute approximate surface area is 228 Å². The Morgan fingerprint density at radius 2 is 1.62 bits per heavy atom. The number of anilines is 1. The van der Waals surface area contributed by atoms with Gasteiger partial charge in [0.2, 0.25) is 5.91 Å². The van der Waals surface area contributed by atoms with Crippen molar-refractivity contribution in [2.24, 2.45) is 5.41 Å². The summed E-state index contributed by atoms with van der Waals surface area (Å²) >= 11 is 0. The van der Waals surface area contributed by atoms with Crippen molar-refractivity contribution in [2.75, 3.05) is 50.8 Å². The van der Waals surface area contributed by atoms with Crippen LogP contribution in [0, 0.1) is 5.41 Å². The van der Waals surface area contributed by atoms with E-state index >= 15 is 0 Å². The maximum atomic E-state index is 13.7. The van der Waals surface area contributed by atoms with Crippen molar-refractivity contribution in [2.45, 2.75) is 25.7 Å². The molecule has 0 radical (unpaired) electrons. The fourth-order valence-electron chi connectivity index (χ4n) is 5.84. The summed E-state index contributed by atoms with van der Waals surface area (Å²) in [6, 6.07) is 19.8. The summed E-state index contributed by atoms with van der Waals surface area (Å²) < 4.78 is 11.6. The Bertz CT molecular complexity index is 1350. The number of hydrogen-bond donors (Lipinski definition) is 1. The zero-order valence-corrected chi connectivity index (χ0v) is 22.1. The Morgan fingerprint density at radius 1 is 0.897 bits per heavy atom. The van der Waals surface area contributed by atoms with E-state index in [0.29, 0.717) is 70.8 Å². The van der Waals surface area contributed by atoms with Crippen molar-refractivity contribution in [3.05, 3.63) is 83.6 Å². The van der Waals surface area contributed by atoms with E-state index in [1.165, 1.54) is 0 Å². The van der Waals surface area contributed by atoms with Crippen LogP contribution >= 0.6 is 0 Å². The fraction of sp³-hybridized carbons (Fsp3) is 0.387. The molecule has 1 spiro atoms. The Morgan fingerprint density at radius 3 is 2.38 bits per heavy atom. The zero-order valence-electron chi connectivity index (χ0n) is 22.1. The first kappa shape index (κ1) is 25.4. The predicted molar refractivity (Wildman–Crippen MR) is 148 cm³/mol. The predicted octanol–water partition coefficient (Wildman–Crippen LogP) is 3.85. The summed E-state index contributed by atoms with van der Waals surface area (Å²) in [5.74, 6) is 2.48. The van der Waals surface area contributed by atoms with E-state index in [1.807, 2.05) is 47.4 Å². The minimum atomic E-state index is -0.525. The molecule has 6 rings (SSSR count). The number of nitrogens with zero attached hydrogens (tertiary/aromatic N) is 3. The second kappa shape index (κ2) is 11.1. The molecule has 3 aromatic rings. The van der Waals surface area contributed by atoms with Gasteiger partial charge in [0.05, 0.1) is 18.6 Å². The molecule has 1 aromatic heterocycles. The number of aromatic nitrogens is 1. The number of fused-ring (bicyclic) bond motifs is 4. The maximum Gasteiger partial charge on any atom is 0.254 e. The number of carbonyl (C=O) groups excluding carboxylic acids is 2. The van der Waals surface area contributed by atoms with E-state index in [2.05, 4.69) is 27.3 Å². The van der Waals surface area contributed by atoms with E-state index in [4.69, 9.17) is 9.47 Å². The van der Waals surface area contributed by atoms with Gasteiger partial charge in [-0.15, -0.1) is 0 Å². The Kier molecular flexibility index (Phi) is 7.20. The molecule has 3 aliphatic rings. The number of rotatable bonds is 2. The monoisotopic (exact) mass is 526 g/mol. The van der Waals surface area contributed by atoms with Crippen molar-refractivity contribution in [3.63, 3.8) is 0 Å². The van der Waals surface area contributed by atoms with Gasteiger partial charge in [-0.05, 0) is 73.2 Å². The molecule has 2 saturated heterocycles. The SMILES string of the molecule is O=C(c1ccnc(N2CCC3(CC2)Cc2cccc(c2)Oc2cccc(c2)CCNC3=O)c1)N1CCOCC1.